The molecule has 31 heavy (non-hydrogen) atoms. The molecule has 0 atom stereocenters. The number of fused-ring (bicyclic) bond motifs is 1. The smallest absolute Gasteiger partial charge is 0.408 e. The lowest BCUT2D eigenvalue weighted by molar-refractivity contribution is -0.116. The van der Waals surface area contributed by atoms with Crippen molar-refractivity contribution in [3.63, 3.8) is 0 Å². The van der Waals surface area contributed by atoms with Crippen LogP contribution >= 0.6 is 11.6 Å². The number of amides is 1. The maximum Gasteiger partial charge on any atom is 0.419 e. The summed E-state index contributed by atoms with van der Waals surface area (Å²) in [5.74, 6) is -0.952. The first-order valence-corrected chi connectivity index (χ1v) is 11.8. The van der Waals surface area contributed by atoms with Gasteiger partial charge < -0.3 is 9.73 Å². The van der Waals surface area contributed by atoms with Crippen molar-refractivity contribution in [3.05, 3.63) is 57.5 Å². The minimum absolute atomic E-state index is 0.0204. The number of rotatable bonds is 6. The zero-order valence-corrected chi connectivity index (χ0v) is 18.5. The summed E-state index contributed by atoms with van der Waals surface area (Å²) in [4.78, 5) is 24.7. The van der Waals surface area contributed by atoms with E-state index >= 15 is 0 Å². The molecule has 1 N–H and O–H groups in total. The second-order valence-electron chi connectivity index (χ2n) is 7.54. The minimum atomic E-state index is -3.62. The van der Waals surface area contributed by atoms with E-state index in [1.54, 1.807) is 12.1 Å². The number of benzene rings is 2. The molecular weight excluding hydrogens is 442 g/mol. The van der Waals surface area contributed by atoms with Gasteiger partial charge in [0.1, 0.15) is 0 Å². The molecule has 0 unspecified atom stereocenters. The third kappa shape index (κ3) is 4.39. The molecule has 3 aromatic rings. The molecule has 0 bridgehead atoms. The second kappa shape index (κ2) is 8.49. The summed E-state index contributed by atoms with van der Waals surface area (Å²) in [5, 5.41) is 3.16. The topological polar surface area (TPSA) is 102 Å². The zero-order chi connectivity index (χ0) is 22.2. The number of carbonyl (C=O) groups is 1. The Kier molecular flexibility index (Phi) is 5.92. The Morgan fingerprint density at radius 3 is 2.61 bits per heavy atom. The summed E-state index contributed by atoms with van der Waals surface area (Å²) in [6, 6.07) is 9.68. The van der Waals surface area contributed by atoms with Crippen LogP contribution in [-0.4, -0.2) is 36.3 Å². The zero-order valence-electron chi connectivity index (χ0n) is 16.9. The van der Waals surface area contributed by atoms with Crippen molar-refractivity contribution in [3.8, 4) is 0 Å². The molecule has 0 saturated carbocycles. The van der Waals surface area contributed by atoms with Gasteiger partial charge in [0.25, 0.3) is 0 Å². The van der Waals surface area contributed by atoms with E-state index < -0.39 is 15.8 Å². The normalized spacial score (nSPS) is 14.9. The minimum Gasteiger partial charge on any atom is -0.408 e. The molecule has 8 nitrogen and oxygen atoms in total. The van der Waals surface area contributed by atoms with Gasteiger partial charge in [-0.1, -0.05) is 17.7 Å². The lowest BCUT2D eigenvalue weighted by atomic mass is 10.2. The van der Waals surface area contributed by atoms with Crippen LogP contribution < -0.4 is 11.1 Å². The molecule has 164 valence electrons. The lowest BCUT2D eigenvalue weighted by Crippen LogP contribution is -2.27. The first-order valence-electron chi connectivity index (χ1n) is 9.95. The Balaban J connectivity index is 1.51. The first-order chi connectivity index (χ1) is 14.8. The number of hydrogen-bond donors (Lipinski definition) is 1. The maximum absolute atomic E-state index is 12.7. The highest BCUT2D eigenvalue weighted by atomic mass is 35.5. The van der Waals surface area contributed by atoms with Gasteiger partial charge in [0, 0.05) is 32.1 Å². The van der Waals surface area contributed by atoms with Crippen molar-refractivity contribution in [2.45, 2.75) is 37.6 Å². The molecule has 0 aliphatic carbocycles. The predicted octanol–water partition coefficient (Wildman–Crippen LogP) is 3.37. The summed E-state index contributed by atoms with van der Waals surface area (Å²) in [5.41, 5.74) is 2.09. The Labute approximate surface area is 184 Å². The standard InChI is InChI=1S/C21H22ClN3O5S/c1-14-4-6-17(16(22)12-14)23-20(26)8-11-25-18-7-5-15(13-19(18)30-21(25)27)31(28,29)24-9-2-3-10-24/h4-7,12-13H,2-3,8-11H2,1H3,(H,23,26). The summed E-state index contributed by atoms with van der Waals surface area (Å²) in [6.45, 7) is 2.96. The van der Waals surface area contributed by atoms with E-state index in [1.165, 1.54) is 27.1 Å². The highest BCUT2D eigenvalue weighted by Crippen LogP contribution is 2.25. The van der Waals surface area contributed by atoms with Gasteiger partial charge in [-0.15, -0.1) is 0 Å². The van der Waals surface area contributed by atoms with Gasteiger partial charge in [0.05, 0.1) is 21.1 Å². The van der Waals surface area contributed by atoms with Crippen molar-refractivity contribution in [2.24, 2.45) is 0 Å². The number of aryl methyl sites for hydroxylation is 2. The number of nitrogens with zero attached hydrogens (tertiary/aromatic N) is 2. The maximum atomic E-state index is 12.7. The van der Waals surface area contributed by atoms with E-state index in [1.807, 2.05) is 13.0 Å². The summed E-state index contributed by atoms with van der Waals surface area (Å²) < 4.78 is 33.5. The van der Waals surface area contributed by atoms with Crippen LogP contribution in [0.5, 0.6) is 0 Å². The molecule has 10 heteroatoms. The van der Waals surface area contributed by atoms with E-state index in [4.69, 9.17) is 16.0 Å². The second-order valence-corrected chi connectivity index (χ2v) is 9.89. The molecular formula is C21H22ClN3O5S. The third-order valence-corrected chi connectivity index (χ3v) is 7.51. The van der Waals surface area contributed by atoms with Gasteiger partial charge in [-0.05, 0) is 49.6 Å². The summed E-state index contributed by atoms with van der Waals surface area (Å²) in [6.07, 6.45) is 1.69. The number of oxazole rings is 1. The Hall–Kier alpha value is -2.62. The quantitative estimate of drug-likeness (QED) is 0.603. The van der Waals surface area contributed by atoms with Crippen LogP contribution in [0.25, 0.3) is 11.1 Å². The number of aromatic nitrogens is 1. The van der Waals surface area contributed by atoms with Gasteiger partial charge in [0.2, 0.25) is 15.9 Å². The molecule has 1 amide bonds. The van der Waals surface area contributed by atoms with Crippen LogP contribution in [0.1, 0.15) is 24.8 Å². The van der Waals surface area contributed by atoms with Crippen LogP contribution in [0.4, 0.5) is 5.69 Å². The summed E-state index contributed by atoms with van der Waals surface area (Å²) >= 11 is 6.14. The van der Waals surface area contributed by atoms with E-state index in [2.05, 4.69) is 5.32 Å². The average molecular weight is 464 g/mol. The van der Waals surface area contributed by atoms with Crippen LogP contribution in [0.15, 0.2) is 50.5 Å². The van der Waals surface area contributed by atoms with Gasteiger partial charge in [-0.2, -0.15) is 4.31 Å². The number of nitrogens with one attached hydrogen (secondary N) is 1. The van der Waals surface area contributed by atoms with Crippen molar-refractivity contribution in [1.82, 2.24) is 8.87 Å². The van der Waals surface area contributed by atoms with Crippen LogP contribution in [0.3, 0.4) is 0 Å². The highest BCUT2D eigenvalue weighted by molar-refractivity contribution is 7.89. The fourth-order valence-electron chi connectivity index (χ4n) is 3.64. The molecule has 2 aromatic carbocycles. The van der Waals surface area contributed by atoms with E-state index in [0.29, 0.717) is 29.3 Å². The van der Waals surface area contributed by atoms with E-state index in [-0.39, 0.29) is 29.4 Å². The van der Waals surface area contributed by atoms with Crippen molar-refractivity contribution in [2.75, 3.05) is 18.4 Å². The fourth-order valence-corrected chi connectivity index (χ4v) is 5.46. The number of halogens is 1. The van der Waals surface area contributed by atoms with Crippen LogP contribution in [0, 0.1) is 6.92 Å². The van der Waals surface area contributed by atoms with Crippen LogP contribution in [-0.2, 0) is 21.4 Å². The molecule has 1 aromatic heterocycles. The SMILES string of the molecule is Cc1ccc(NC(=O)CCn2c(=O)oc3cc(S(=O)(=O)N4CCCC4)ccc32)c(Cl)c1. The fraction of sp³-hybridized carbons (Fsp3) is 0.333. The molecule has 2 heterocycles. The number of hydrogen-bond acceptors (Lipinski definition) is 5. The van der Waals surface area contributed by atoms with Crippen molar-refractivity contribution in [1.29, 1.82) is 0 Å². The van der Waals surface area contributed by atoms with Gasteiger partial charge >= 0.3 is 5.76 Å². The Morgan fingerprint density at radius 1 is 1.16 bits per heavy atom. The van der Waals surface area contributed by atoms with Crippen LogP contribution in [0.2, 0.25) is 5.02 Å². The number of sulfonamides is 1. The molecule has 1 aliphatic heterocycles. The number of anilines is 1. The molecule has 4 rings (SSSR count). The van der Waals surface area contributed by atoms with Gasteiger partial charge in [-0.25, -0.2) is 13.2 Å². The summed E-state index contributed by atoms with van der Waals surface area (Å²) in [7, 11) is -3.62. The monoisotopic (exact) mass is 463 g/mol. The Bertz CT molecular complexity index is 1310. The van der Waals surface area contributed by atoms with Gasteiger partial charge in [-0.3, -0.25) is 9.36 Å². The van der Waals surface area contributed by atoms with Gasteiger partial charge in [0.15, 0.2) is 5.58 Å². The molecule has 0 radical (unpaired) electrons. The van der Waals surface area contributed by atoms with Crippen molar-refractivity contribution >= 4 is 44.3 Å². The first kappa shape index (κ1) is 21.6. The molecule has 1 saturated heterocycles. The Morgan fingerprint density at radius 2 is 1.90 bits per heavy atom. The molecule has 0 spiro atoms. The van der Waals surface area contributed by atoms with Crippen molar-refractivity contribution < 1.29 is 17.6 Å². The number of carbonyl (C=O) groups excluding carboxylic acids is 1. The third-order valence-electron chi connectivity index (χ3n) is 5.30. The lowest BCUT2D eigenvalue weighted by Gasteiger charge is -2.15. The average Bonchev–Trinajstić information content (AvgIpc) is 3.36. The van der Waals surface area contributed by atoms with E-state index in [9.17, 15) is 18.0 Å². The predicted molar refractivity (Wildman–Crippen MR) is 118 cm³/mol. The largest absolute Gasteiger partial charge is 0.419 e. The highest BCUT2D eigenvalue weighted by Gasteiger charge is 2.28. The molecule has 1 fully saturated rings. The molecule has 1 aliphatic rings. The van der Waals surface area contributed by atoms with E-state index in [0.717, 1.165) is 18.4 Å².